The van der Waals surface area contributed by atoms with Gasteiger partial charge in [-0.3, -0.25) is 9.13 Å². The molecule has 3 aromatic rings. The van der Waals surface area contributed by atoms with Crippen molar-refractivity contribution in [3.8, 4) is 11.1 Å². The van der Waals surface area contributed by atoms with Gasteiger partial charge in [0.1, 0.15) is 0 Å². The molecule has 0 saturated heterocycles. The normalized spacial score (nSPS) is 14.0. The maximum atomic E-state index is 11.9. The number of hydrogen-bond acceptors (Lipinski definition) is 2. The molecule has 0 aliphatic rings. The molecule has 0 aliphatic heterocycles. The Balaban J connectivity index is 2.23. The summed E-state index contributed by atoms with van der Waals surface area (Å²) in [5.74, 6) is 0.218. The maximum Gasteiger partial charge on any atom is 0.341 e. The first-order valence-corrected chi connectivity index (χ1v) is 13.1. The molecule has 162 valence electrons. The molecule has 1 unspecified atom stereocenters. The lowest BCUT2D eigenvalue weighted by Gasteiger charge is -2.22. The summed E-state index contributed by atoms with van der Waals surface area (Å²) in [6.45, 7) is 6.04. The molecular weight excluding hydrogens is 424 g/mol. The van der Waals surface area contributed by atoms with Crippen molar-refractivity contribution in [1.29, 1.82) is 0 Å². The Morgan fingerprint density at radius 1 is 0.867 bits per heavy atom. The molecule has 1 aromatic heterocycles. The van der Waals surface area contributed by atoms with Crippen LogP contribution in [0, 0.1) is 5.92 Å². The summed E-state index contributed by atoms with van der Waals surface area (Å²) in [5.41, 5.74) is 3.95. The zero-order chi connectivity index (χ0) is 22.3. The van der Waals surface area contributed by atoms with E-state index in [-0.39, 0.29) is 11.8 Å². The average Bonchev–Trinajstić information content (AvgIpc) is 3.01. The Bertz CT molecular complexity index is 1110. The fourth-order valence-electron chi connectivity index (χ4n) is 3.64. The van der Waals surface area contributed by atoms with Crippen LogP contribution in [0.25, 0.3) is 22.0 Å². The largest absolute Gasteiger partial charge is 0.358 e. The van der Waals surface area contributed by atoms with Gasteiger partial charge in [0.25, 0.3) is 0 Å². The van der Waals surface area contributed by atoms with E-state index in [9.17, 15) is 28.7 Å². The number of aromatic nitrogens is 1. The van der Waals surface area contributed by atoms with Crippen LogP contribution in [0.1, 0.15) is 37.9 Å². The third-order valence-corrected chi connectivity index (χ3v) is 9.39. The molecule has 0 spiro atoms. The van der Waals surface area contributed by atoms with Crippen molar-refractivity contribution in [3.63, 3.8) is 0 Å². The van der Waals surface area contributed by atoms with Gasteiger partial charge < -0.3 is 24.6 Å². The van der Waals surface area contributed by atoms with E-state index in [0.717, 1.165) is 22.3 Å². The second-order valence-corrected chi connectivity index (χ2v) is 12.0. The molecule has 0 radical (unpaired) electrons. The molecule has 0 bridgehead atoms. The molecule has 2 aromatic carbocycles. The van der Waals surface area contributed by atoms with Crippen LogP contribution in [0.3, 0.4) is 0 Å². The van der Waals surface area contributed by atoms with Crippen molar-refractivity contribution in [2.24, 2.45) is 5.92 Å². The summed E-state index contributed by atoms with van der Waals surface area (Å²) in [6.07, 6.45) is -0.417. The van der Waals surface area contributed by atoms with Crippen molar-refractivity contribution in [1.82, 2.24) is 4.98 Å². The first-order chi connectivity index (χ1) is 13.9. The Kier molecular flexibility index (Phi) is 6.45. The second kappa shape index (κ2) is 8.43. The third kappa shape index (κ3) is 4.78. The number of fused-ring (bicyclic) bond motifs is 1. The first-order valence-electron chi connectivity index (χ1n) is 9.70. The smallest absolute Gasteiger partial charge is 0.341 e. The zero-order valence-electron chi connectivity index (χ0n) is 17.1. The van der Waals surface area contributed by atoms with Crippen LogP contribution in [0.4, 0.5) is 0 Å². The lowest BCUT2D eigenvalue weighted by atomic mass is 9.90. The van der Waals surface area contributed by atoms with Crippen molar-refractivity contribution < 1.29 is 28.7 Å². The predicted octanol–water partition coefficient (Wildman–Crippen LogP) is 4.82. The lowest BCUT2D eigenvalue weighted by molar-refractivity contribution is 0.338. The Morgan fingerprint density at radius 2 is 1.47 bits per heavy atom. The number of H-pyrrole nitrogens is 1. The summed E-state index contributed by atoms with van der Waals surface area (Å²) in [7, 11) is -10.1. The summed E-state index contributed by atoms with van der Waals surface area (Å²) in [4.78, 5) is 42.0. The topological polar surface area (TPSA) is 131 Å². The highest BCUT2D eigenvalue weighted by molar-refractivity contribution is 7.70. The van der Waals surface area contributed by atoms with Gasteiger partial charge in [-0.25, -0.2) is 0 Å². The summed E-state index contributed by atoms with van der Waals surface area (Å²) >= 11 is 0. The van der Waals surface area contributed by atoms with Crippen LogP contribution in [-0.4, -0.2) is 30.0 Å². The molecule has 0 aliphatic carbocycles. The monoisotopic (exact) mass is 451 g/mol. The summed E-state index contributed by atoms with van der Waals surface area (Å²) in [6, 6.07) is 15.4. The van der Waals surface area contributed by atoms with Crippen molar-refractivity contribution in [3.05, 3.63) is 59.8 Å². The maximum absolute atomic E-state index is 11.9. The van der Waals surface area contributed by atoms with Gasteiger partial charge >= 0.3 is 15.2 Å². The Morgan fingerprint density at radius 3 is 2.00 bits per heavy atom. The SMILES string of the molecule is CC(C)C(C)c1[nH]c2ccc(-c3ccccc3)cc2c1CC(P(=O)(O)O)P(=O)(O)O. The highest BCUT2D eigenvalue weighted by atomic mass is 31.2. The molecule has 0 saturated carbocycles. The molecule has 7 nitrogen and oxygen atoms in total. The van der Waals surface area contributed by atoms with Crippen LogP contribution in [0.2, 0.25) is 0 Å². The first kappa shape index (κ1) is 23.0. The number of aromatic amines is 1. The highest BCUT2D eigenvalue weighted by Crippen LogP contribution is 2.61. The molecule has 1 atom stereocenters. The van der Waals surface area contributed by atoms with E-state index in [2.05, 4.69) is 4.98 Å². The standard InChI is InChI=1S/C21H27NO6P2/c1-13(2)14(3)21-18(12-20(29(23,24)25)30(26,27)28)17-11-16(9-10-19(17)22-21)15-7-5-4-6-8-15/h4-11,13-14,20,22H,12H2,1-3H3,(H2,23,24,25)(H2,26,27,28). The van der Waals surface area contributed by atoms with Crippen LogP contribution in [0.5, 0.6) is 0 Å². The summed E-state index contributed by atoms with van der Waals surface area (Å²) in [5, 5.41) is -1.37. The van der Waals surface area contributed by atoms with Crippen LogP contribution in [0.15, 0.2) is 48.5 Å². The number of nitrogens with one attached hydrogen (secondary N) is 1. The number of hydrogen-bond donors (Lipinski definition) is 5. The van der Waals surface area contributed by atoms with Crippen LogP contribution < -0.4 is 0 Å². The van der Waals surface area contributed by atoms with E-state index >= 15 is 0 Å². The molecule has 0 fully saturated rings. The van der Waals surface area contributed by atoms with E-state index in [1.807, 2.05) is 69.3 Å². The van der Waals surface area contributed by atoms with Gasteiger partial charge in [0.05, 0.1) is 0 Å². The van der Waals surface area contributed by atoms with E-state index in [1.165, 1.54) is 0 Å². The Labute approximate surface area is 175 Å². The van der Waals surface area contributed by atoms with Gasteiger partial charge in [-0.05, 0) is 40.7 Å². The Hall–Kier alpha value is -1.72. The van der Waals surface area contributed by atoms with Gasteiger partial charge in [-0.1, -0.05) is 57.2 Å². The van der Waals surface area contributed by atoms with Gasteiger partial charge in [-0.2, -0.15) is 0 Å². The predicted molar refractivity (Wildman–Crippen MR) is 119 cm³/mol. The molecule has 0 amide bonds. The number of rotatable bonds is 7. The van der Waals surface area contributed by atoms with Gasteiger partial charge in [0.15, 0.2) is 5.40 Å². The van der Waals surface area contributed by atoms with E-state index < -0.39 is 27.0 Å². The minimum Gasteiger partial charge on any atom is -0.358 e. The number of benzene rings is 2. The molecule has 3 rings (SSSR count). The van der Waals surface area contributed by atoms with E-state index in [0.29, 0.717) is 10.9 Å². The molecular formula is C21H27NO6P2. The molecule has 9 heteroatoms. The van der Waals surface area contributed by atoms with Crippen molar-refractivity contribution in [2.45, 2.75) is 38.5 Å². The highest BCUT2D eigenvalue weighted by Gasteiger charge is 2.44. The molecule has 1 heterocycles. The molecule has 5 N–H and O–H groups in total. The zero-order valence-corrected chi connectivity index (χ0v) is 18.8. The van der Waals surface area contributed by atoms with Crippen molar-refractivity contribution >= 4 is 26.1 Å². The lowest BCUT2D eigenvalue weighted by Crippen LogP contribution is -2.15. The van der Waals surface area contributed by atoms with Gasteiger partial charge in [-0.15, -0.1) is 0 Å². The minimum absolute atomic E-state index is 0.00164. The fourth-order valence-corrected chi connectivity index (χ4v) is 6.05. The minimum atomic E-state index is -5.04. The average molecular weight is 451 g/mol. The third-order valence-electron chi connectivity index (χ3n) is 5.66. The summed E-state index contributed by atoms with van der Waals surface area (Å²) < 4.78 is 23.9. The van der Waals surface area contributed by atoms with Crippen LogP contribution >= 0.6 is 15.2 Å². The van der Waals surface area contributed by atoms with E-state index in [1.54, 1.807) is 0 Å². The van der Waals surface area contributed by atoms with E-state index in [4.69, 9.17) is 0 Å². The quantitative estimate of drug-likeness (QED) is 0.328. The van der Waals surface area contributed by atoms with Gasteiger partial charge in [0.2, 0.25) is 0 Å². The van der Waals surface area contributed by atoms with Gasteiger partial charge in [0, 0.05) is 23.0 Å². The molecule has 30 heavy (non-hydrogen) atoms. The second-order valence-electron chi connectivity index (χ2n) is 8.04. The fraction of sp³-hybridized carbons (Fsp3) is 0.333. The van der Waals surface area contributed by atoms with Crippen molar-refractivity contribution in [2.75, 3.05) is 0 Å². The van der Waals surface area contributed by atoms with Crippen LogP contribution in [-0.2, 0) is 15.6 Å².